The Labute approximate surface area is 180 Å². The first-order valence-corrected chi connectivity index (χ1v) is 10.00. The van der Waals surface area contributed by atoms with Gasteiger partial charge >= 0.3 is 6.09 Å². The summed E-state index contributed by atoms with van der Waals surface area (Å²) in [6.07, 6.45) is -0.473. The van der Waals surface area contributed by atoms with E-state index in [9.17, 15) is 14.7 Å². The number of benzene rings is 2. The maximum absolute atomic E-state index is 13.7. The van der Waals surface area contributed by atoms with Gasteiger partial charge < -0.3 is 20.1 Å². The first kappa shape index (κ1) is 20.5. The average molecular weight is 420 g/mol. The SMILES string of the molecule is COc1cccc(NC(C(=O)c2nn(C)c3c2CN(C(=O)O)CC3)c2ccccc2)c1. The van der Waals surface area contributed by atoms with Gasteiger partial charge in [-0.25, -0.2) is 4.79 Å². The quantitative estimate of drug-likeness (QED) is 0.593. The number of nitrogens with zero attached hydrogens (tertiary/aromatic N) is 3. The number of aryl methyl sites for hydroxylation is 1. The molecule has 1 atom stereocenters. The molecule has 1 amide bonds. The number of aromatic nitrogens is 2. The zero-order valence-corrected chi connectivity index (χ0v) is 17.4. The lowest BCUT2D eigenvalue weighted by atomic mass is 9.96. The van der Waals surface area contributed by atoms with Crippen molar-refractivity contribution in [3.8, 4) is 5.75 Å². The number of nitrogens with one attached hydrogen (secondary N) is 1. The summed E-state index contributed by atoms with van der Waals surface area (Å²) in [5.41, 5.74) is 3.40. The Morgan fingerprint density at radius 2 is 1.94 bits per heavy atom. The van der Waals surface area contributed by atoms with E-state index in [4.69, 9.17) is 4.74 Å². The Hall–Kier alpha value is -3.81. The molecule has 31 heavy (non-hydrogen) atoms. The summed E-state index contributed by atoms with van der Waals surface area (Å²) in [6.45, 7) is 0.542. The van der Waals surface area contributed by atoms with Crippen LogP contribution in [-0.4, -0.2) is 45.3 Å². The molecule has 4 rings (SSSR count). The standard InChI is InChI=1S/C23H24N4O4/c1-26-19-11-12-27(23(29)30)14-18(19)21(25-26)22(28)20(15-7-4-3-5-8-15)24-16-9-6-10-17(13-16)31-2/h3-10,13,20,24H,11-12,14H2,1-2H3,(H,29,30). The van der Waals surface area contributed by atoms with Gasteiger partial charge in [-0.2, -0.15) is 5.10 Å². The molecule has 8 heteroatoms. The molecule has 2 N–H and O–H groups in total. The Bertz CT molecular complexity index is 1110. The van der Waals surface area contributed by atoms with E-state index in [1.807, 2.05) is 54.6 Å². The van der Waals surface area contributed by atoms with Crippen molar-refractivity contribution in [3.05, 3.63) is 77.1 Å². The van der Waals surface area contributed by atoms with Crippen LogP contribution in [0, 0.1) is 0 Å². The molecule has 0 bridgehead atoms. The molecule has 2 aromatic carbocycles. The van der Waals surface area contributed by atoms with Crippen LogP contribution >= 0.6 is 0 Å². The van der Waals surface area contributed by atoms with Crippen molar-refractivity contribution < 1.29 is 19.4 Å². The minimum atomic E-state index is -0.998. The van der Waals surface area contributed by atoms with E-state index in [2.05, 4.69) is 10.4 Å². The average Bonchev–Trinajstić information content (AvgIpc) is 3.13. The zero-order valence-electron chi connectivity index (χ0n) is 17.4. The van der Waals surface area contributed by atoms with Crippen LogP contribution in [0.15, 0.2) is 54.6 Å². The highest BCUT2D eigenvalue weighted by atomic mass is 16.5. The number of Topliss-reactive ketones (excluding diaryl/α,β-unsaturated/α-hetero) is 1. The molecule has 0 radical (unpaired) electrons. The molecular weight excluding hydrogens is 396 g/mol. The molecule has 0 aliphatic carbocycles. The van der Waals surface area contributed by atoms with Gasteiger partial charge in [0, 0.05) is 43.0 Å². The van der Waals surface area contributed by atoms with Gasteiger partial charge in [-0.1, -0.05) is 36.4 Å². The number of ketones is 1. The molecule has 0 spiro atoms. The van der Waals surface area contributed by atoms with Crippen LogP contribution in [0.25, 0.3) is 0 Å². The molecular formula is C23H24N4O4. The number of rotatable bonds is 6. The third-order valence-corrected chi connectivity index (χ3v) is 5.52. The smallest absolute Gasteiger partial charge is 0.407 e. The van der Waals surface area contributed by atoms with Gasteiger partial charge in [0.1, 0.15) is 17.5 Å². The summed E-state index contributed by atoms with van der Waals surface area (Å²) in [7, 11) is 3.38. The Kier molecular flexibility index (Phi) is 5.62. The van der Waals surface area contributed by atoms with Gasteiger partial charge in [-0.15, -0.1) is 0 Å². The number of hydrogen-bond donors (Lipinski definition) is 2. The van der Waals surface area contributed by atoms with Crippen LogP contribution < -0.4 is 10.1 Å². The van der Waals surface area contributed by atoms with Crippen molar-refractivity contribution in [1.29, 1.82) is 0 Å². The minimum absolute atomic E-state index is 0.153. The van der Waals surface area contributed by atoms with Crippen LogP contribution in [0.4, 0.5) is 10.5 Å². The molecule has 2 heterocycles. The lowest BCUT2D eigenvalue weighted by Gasteiger charge is -2.25. The first-order chi connectivity index (χ1) is 15.0. The van der Waals surface area contributed by atoms with E-state index in [0.717, 1.165) is 16.9 Å². The summed E-state index contributed by atoms with van der Waals surface area (Å²) >= 11 is 0. The molecule has 1 unspecified atom stereocenters. The van der Waals surface area contributed by atoms with Crippen molar-refractivity contribution in [1.82, 2.24) is 14.7 Å². The number of carbonyl (C=O) groups is 2. The van der Waals surface area contributed by atoms with E-state index in [1.54, 1.807) is 18.8 Å². The summed E-state index contributed by atoms with van der Waals surface area (Å²) in [6, 6.07) is 16.1. The number of amides is 1. The first-order valence-electron chi connectivity index (χ1n) is 10.00. The van der Waals surface area contributed by atoms with E-state index in [0.29, 0.717) is 30.0 Å². The minimum Gasteiger partial charge on any atom is -0.497 e. The van der Waals surface area contributed by atoms with Crippen molar-refractivity contribution in [3.63, 3.8) is 0 Å². The summed E-state index contributed by atoms with van der Waals surface area (Å²) in [5, 5.41) is 17.2. The number of hydrogen-bond acceptors (Lipinski definition) is 5. The molecule has 1 aliphatic heterocycles. The second-order valence-electron chi connectivity index (χ2n) is 7.44. The highest BCUT2D eigenvalue weighted by Gasteiger charge is 2.32. The van der Waals surface area contributed by atoms with Gasteiger partial charge in [-0.05, 0) is 17.7 Å². The highest BCUT2D eigenvalue weighted by molar-refractivity contribution is 6.02. The molecule has 0 saturated carbocycles. The predicted octanol–water partition coefficient (Wildman–Crippen LogP) is 3.50. The van der Waals surface area contributed by atoms with Crippen LogP contribution in [-0.2, 0) is 20.0 Å². The third-order valence-electron chi connectivity index (χ3n) is 5.52. The lowest BCUT2D eigenvalue weighted by molar-refractivity contribution is 0.0960. The molecule has 8 nitrogen and oxygen atoms in total. The fraction of sp³-hybridized carbons (Fsp3) is 0.261. The topological polar surface area (TPSA) is 96.7 Å². The zero-order chi connectivity index (χ0) is 22.0. The second-order valence-corrected chi connectivity index (χ2v) is 7.44. The van der Waals surface area contributed by atoms with E-state index in [1.165, 1.54) is 4.90 Å². The fourth-order valence-electron chi connectivity index (χ4n) is 3.92. The van der Waals surface area contributed by atoms with Gasteiger partial charge in [0.2, 0.25) is 5.78 Å². The monoisotopic (exact) mass is 420 g/mol. The molecule has 0 fully saturated rings. The highest BCUT2D eigenvalue weighted by Crippen LogP contribution is 2.29. The van der Waals surface area contributed by atoms with Crippen molar-refractivity contribution >= 4 is 17.6 Å². The number of ether oxygens (including phenoxy) is 1. The molecule has 3 aromatic rings. The predicted molar refractivity (Wildman–Crippen MR) is 115 cm³/mol. The number of fused-ring (bicyclic) bond motifs is 1. The van der Waals surface area contributed by atoms with Crippen LogP contribution in [0.3, 0.4) is 0 Å². The summed E-state index contributed by atoms with van der Waals surface area (Å²) < 4.78 is 6.99. The number of methoxy groups -OCH3 is 1. The largest absolute Gasteiger partial charge is 0.497 e. The van der Waals surface area contributed by atoms with Gasteiger partial charge in [0.15, 0.2) is 0 Å². The number of anilines is 1. The Morgan fingerprint density at radius 1 is 1.16 bits per heavy atom. The number of carbonyl (C=O) groups excluding carboxylic acids is 1. The van der Waals surface area contributed by atoms with Gasteiger partial charge in [-0.3, -0.25) is 9.48 Å². The van der Waals surface area contributed by atoms with Crippen LogP contribution in [0.2, 0.25) is 0 Å². The van der Waals surface area contributed by atoms with Crippen molar-refractivity contribution in [2.24, 2.45) is 7.05 Å². The van der Waals surface area contributed by atoms with Gasteiger partial charge in [0.25, 0.3) is 0 Å². The Balaban J connectivity index is 1.73. The maximum Gasteiger partial charge on any atom is 0.407 e. The maximum atomic E-state index is 13.7. The van der Waals surface area contributed by atoms with E-state index < -0.39 is 12.1 Å². The molecule has 0 saturated heterocycles. The van der Waals surface area contributed by atoms with Crippen LogP contribution in [0.1, 0.15) is 33.4 Å². The molecule has 1 aromatic heterocycles. The summed E-state index contributed by atoms with van der Waals surface area (Å²) in [4.78, 5) is 26.5. The normalized spacial score (nSPS) is 13.9. The van der Waals surface area contributed by atoms with Crippen molar-refractivity contribution in [2.75, 3.05) is 19.0 Å². The van der Waals surface area contributed by atoms with Gasteiger partial charge in [0.05, 0.1) is 13.7 Å². The van der Waals surface area contributed by atoms with E-state index >= 15 is 0 Å². The number of carboxylic acid groups (broad SMARTS) is 1. The summed E-state index contributed by atoms with van der Waals surface area (Å²) in [5.74, 6) is 0.467. The Morgan fingerprint density at radius 3 is 2.65 bits per heavy atom. The molecule has 160 valence electrons. The fourth-order valence-corrected chi connectivity index (χ4v) is 3.92. The van der Waals surface area contributed by atoms with Crippen molar-refractivity contribution in [2.45, 2.75) is 19.0 Å². The van der Waals surface area contributed by atoms with Crippen LogP contribution in [0.5, 0.6) is 5.75 Å². The molecule has 1 aliphatic rings. The van der Waals surface area contributed by atoms with E-state index in [-0.39, 0.29) is 12.3 Å². The third kappa shape index (κ3) is 4.09. The second kappa shape index (κ2) is 8.51. The lowest BCUT2D eigenvalue weighted by Crippen LogP contribution is -2.35.